The smallest absolute Gasteiger partial charge is 0.220 e. The minimum absolute atomic E-state index is 0.0396. The van der Waals surface area contributed by atoms with Gasteiger partial charge in [-0.3, -0.25) is 4.79 Å². The number of carbonyl (C=O) groups is 1. The fraction of sp³-hybridized carbons (Fsp3) is 0.435. The highest BCUT2D eigenvalue weighted by Gasteiger charge is 2.06. The molecule has 0 spiro atoms. The van der Waals surface area contributed by atoms with Crippen LogP contribution in [0.3, 0.4) is 0 Å². The maximum atomic E-state index is 12.1. The second-order valence-corrected chi connectivity index (χ2v) is 6.76. The van der Waals surface area contributed by atoms with E-state index >= 15 is 0 Å². The molecule has 0 heterocycles. The fourth-order valence-corrected chi connectivity index (χ4v) is 2.81. The van der Waals surface area contributed by atoms with Crippen molar-refractivity contribution < 1.29 is 14.3 Å². The molecule has 1 N–H and O–H groups in total. The van der Waals surface area contributed by atoms with Gasteiger partial charge in [0.25, 0.3) is 0 Å². The molecule has 5 nitrogen and oxygen atoms in total. The first-order valence-electron chi connectivity index (χ1n) is 10.00. The van der Waals surface area contributed by atoms with Crippen LogP contribution in [0.4, 0.5) is 0 Å². The Bertz CT molecular complexity index is 733. The van der Waals surface area contributed by atoms with Crippen LogP contribution in [-0.4, -0.2) is 37.6 Å². The highest BCUT2D eigenvalue weighted by Crippen LogP contribution is 2.26. The normalized spacial score (nSPS) is 10.7. The van der Waals surface area contributed by atoms with Crippen LogP contribution in [0.5, 0.6) is 11.5 Å². The molecule has 0 aliphatic heterocycles. The zero-order chi connectivity index (χ0) is 20.2. The van der Waals surface area contributed by atoms with E-state index in [9.17, 15) is 4.79 Å². The Kier molecular flexibility index (Phi) is 9.35. The van der Waals surface area contributed by atoms with Gasteiger partial charge >= 0.3 is 0 Å². The van der Waals surface area contributed by atoms with Crippen molar-refractivity contribution in [2.24, 2.45) is 0 Å². The van der Waals surface area contributed by atoms with Crippen molar-refractivity contribution in [2.75, 3.05) is 26.8 Å². The lowest BCUT2D eigenvalue weighted by Crippen LogP contribution is -2.23. The van der Waals surface area contributed by atoms with E-state index in [1.807, 2.05) is 43.3 Å². The second kappa shape index (κ2) is 12.0. The van der Waals surface area contributed by atoms with Crippen LogP contribution in [0.1, 0.15) is 37.8 Å². The fourth-order valence-electron chi connectivity index (χ4n) is 2.81. The van der Waals surface area contributed by atoms with Gasteiger partial charge in [-0.2, -0.15) is 0 Å². The number of carbonyl (C=O) groups excluding carboxylic acids is 1. The lowest BCUT2D eigenvalue weighted by Gasteiger charge is -2.14. The van der Waals surface area contributed by atoms with Gasteiger partial charge in [-0.05, 0) is 50.2 Å². The Morgan fingerprint density at radius 2 is 1.71 bits per heavy atom. The zero-order valence-electron chi connectivity index (χ0n) is 17.2. The predicted octanol–water partition coefficient (Wildman–Crippen LogP) is 4.01. The molecular formula is C23H32N2O3. The van der Waals surface area contributed by atoms with Crippen molar-refractivity contribution in [1.29, 1.82) is 0 Å². The van der Waals surface area contributed by atoms with Gasteiger partial charge in [0, 0.05) is 19.5 Å². The van der Waals surface area contributed by atoms with Crippen LogP contribution in [0, 0.1) is 0 Å². The first-order chi connectivity index (χ1) is 13.6. The quantitative estimate of drug-likeness (QED) is 0.562. The first-order valence-corrected chi connectivity index (χ1v) is 10.00. The number of ether oxygens (including phenoxy) is 2. The van der Waals surface area contributed by atoms with E-state index in [2.05, 4.69) is 36.3 Å². The molecule has 0 saturated heterocycles. The lowest BCUT2D eigenvalue weighted by atomic mass is 10.1. The van der Waals surface area contributed by atoms with E-state index in [4.69, 9.17) is 9.47 Å². The Morgan fingerprint density at radius 3 is 2.43 bits per heavy atom. The Labute approximate surface area is 168 Å². The molecular weight excluding hydrogens is 352 g/mol. The van der Waals surface area contributed by atoms with Crippen molar-refractivity contribution in [3.05, 3.63) is 59.7 Å². The van der Waals surface area contributed by atoms with Crippen LogP contribution >= 0.6 is 0 Å². The number of amides is 1. The molecule has 0 aromatic heterocycles. The molecule has 0 aliphatic carbocycles. The maximum Gasteiger partial charge on any atom is 0.220 e. The molecule has 0 bridgehead atoms. The molecule has 0 unspecified atom stereocenters. The van der Waals surface area contributed by atoms with E-state index < -0.39 is 0 Å². The van der Waals surface area contributed by atoms with Gasteiger partial charge in [0.1, 0.15) is 0 Å². The van der Waals surface area contributed by atoms with Gasteiger partial charge in [0.2, 0.25) is 5.91 Å². The molecule has 2 aromatic rings. The van der Waals surface area contributed by atoms with Crippen LogP contribution in [0.2, 0.25) is 0 Å². The Hall–Kier alpha value is -2.53. The van der Waals surface area contributed by atoms with Gasteiger partial charge in [-0.25, -0.2) is 0 Å². The van der Waals surface area contributed by atoms with E-state index in [1.165, 1.54) is 5.56 Å². The summed E-state index contributed by atoms with van der Waals surface area (Å²) in [5, 5.41) is 2.99. The average molecular weight is 385 g/mol. The monoisotopic (exact) mass is 384 g/mol. The van der Waals surface area contributed by atoms with Crippen LogP contribution in [-0.2, 0) is 17.9 Å². The maximum absolute atomic E-state index is 12.1. The van der Waals surface area contributed by atoms with E-state index in [0.717, 1.165) is 30.2 Å². The molecule has 0 atom stereocenters. The van der Waals surface area contributed by atoms with E-state index in [1.54, 1.807) is 0 Å². The summed E-state index contributed by atoms with van der Waals surface area (Å²) < 4.78 is 11.3. The van der Waals surface area contributed by atoms with Gasteiger partial charge in [-0.1, -0.05) is 43.3 Å². The summed E-state index contributed by atoms with van der Waals surface area (Å²) in [6, 6.07) is 16.0. The minimum Gasteiger partial charge on any atom is -0.490 e. The number of benzene rings is 2. The first kappa shape index (κ1) is 21.8. The van der Waals surface area contributed by atoms with Gasteiger partial charge in [-0.15, -0.1) is 0 Å². The standard InChI is InChI=1S/C23H32N2O3/c1-4-25(3)18-20-11-8-10-19(16-20)17-24-23(26)14-9-15-28-22-13-7-6-12-21(22)27-5-2/h6-8,10-13,16H,4-5,9,14-15,17-18H2,1-3H3,(H,24,26). The lowest BCUT2D eigenvalue weighted by molar-refractivity contribution is -0.121. The van der Waals surface area contributed by atoms with Gasteiger partial charge in [0.15, 0.2) is 11.5 Å². The number of nitrogens with one attached hydrogen (secondary N) is 1. The summed E-state index contributed by atoms with van der Waals surface area (Å²) >= 11 is 0. The molecule has 5 heteroatoms. The van der Waals surface area contributed by atoms with Crippen molar-refractivity contribution in [1.82, 2.24) is 10.2 Å². The van der Waals surface area contributed by atoms with Crippen molar-refractivity contribution in [3.63, 3.8) is 0 Å². The van der Waals surface area contributed by atoms with Crippen LogP contribution in [0.15, 0.2) is 48.5 Å². The third kappa shape index (κ3) is 7.61. The summed E-state index contributed by atoms with van der Waals surface area (Å²) in [7, 11) is 2.10. The summed E-state index contributed by atoms with van der Waals surface area (Å²) in [6.07, 6.45) is 1.10. The number of nitrogens with zero attached hydrogens (tertiary/aromatic N) is 1. The molecule has 0 aliphatic rings. The molecule has 0 saturated carbocycles. The topological polar surface area (TPSA) is 50.8 Å². The molecule has 152 valence electrons. The molecule has 1 amide bonds. The molecule has 0 fully saturated rings. The number of para-hydroxylation sites is 2. The minimum atomic E-state index is 0.0396. The second-order valence-electron chi connectivity index (χ2n) is 6.76. The van der Waals surface area contributed by atoms with E-state index in [0.29, 0.717) is 32.6 Å². The largest absolute Gasteiger partial charge is 0.490 e. The third-order valence-corrected chi connectivity index (χ3v) is 4.43. The number of hydrogen-bond acceptors (Lipinski definition) is 4. The van der Waals surface area contributed by atoms with Crippen LogP contribution in [0.25, 0.3) is 0 Å². The van der Waals surface area contributed by atoms with Crippen molar-refractivity contribution in [2.45, 2.75) is 39.8 Å². The zero-order valence-corrected chi connectivity index (χ0v) is 17.2. The summed E-state index contributed by atoms with van der Waals surface area (Å²) in [5.41, 5.74) is 2.38. The Morgan fingerprint density at radius 1 is 1.00 bits per heavy atom. The average Bonchev–Trinajstić information content (AvgIpc) is 2.71. The van der Waals surface area contributed by atoms with E-state index in [-0.39, 0.29) is 5.91 Å². The summed E-state index contributed by atoms with van der Waals surface area (Å²) in [4.78, 5) is 14.4. The molecule has 28 heavy (non-hydrogen) atoms. The third-order valence-electron chi connectivity index (χ3n) is 4.43. The SMILES string of the molecule is CCOc1ccccc1OCCCC(=O)NCc1cccc(CN(C)CC)c1. The highest BCUT2D eigenvalue weighted by atomic mass is 16.5. The molecule has 2 rings (SSSR count). The molecule has 2 aromatic carbocycles. The number of rotatable bonds is 12. The van der Waals surface area contributed by atoms with Gasteiger partial charge in [0.05, 0.1) is 13.2 Å². The van der Waals surface area contributed by atoms with Gasteiger partial charge < -0.3 is 19.7 Å². The van der Waals surface area contributed by atoms with Crippen molar-refractivity contribution >= 4 is 5.91 Å². The number of hydrogen-bond donors (Lipinski definition) is 1. The molecule has 0 radical (unpaired) electrons. The predicted molar refractivity (Wildman–Crippen MR) is 113 cm³/mol. The Balaban J connectivity index is 1.70. The highest BCUT2D eigenvalue weighted by molar-refractivity contribution is 5.75. The summed E-state index contributed by atoms with van der Waals surface area (Å²) in [6.45, 7) is 7.64. The van der Waals surface area contributed by atoms with Crippen molar-refractivity contribution in [3.8, 4) is 11.5 Å². The van der Waals surface area contributed by atoms with Crippen LogP contribution < -0.4 is 14.8 Å². The summed E-state index contributed by atoms with van der Waals surface area (Å²) in [5.74, 6) is 1.50.